The zero-order valence-corrected chi connectivity index (χ0v) is 17.4. The Balaban J connectivity index is 0.000000563. The van der Waals surface area contributed by atoms with Crippen LogP contribution >= 0.6 is 12.2 Å². The van der Waals surface area contributed by atoms with Gasteiger partial charge < -0.3 is 25.8 Å². The van der Waals surface area contributed by atoms with Crippen molar-refractivity contribution in [1.82, 2.24) is 20.6 Å². The Morgan fingerprint density at radius 3 is 1.96 bits per heavy atom. The lowest BCUT2D eigenvalue weighted by atomic mass is 10.1. The molecule has 0 aliphatic heterocycles. The number of hydrogen-bond donors (Lipinski definition) is 5. The van der Waals surface area contributed by atoms with Crippen LogP contribution in [0, 0.1) is 0 Å². The highest BCUT2D eigenvalue weighted by molar-refractivity contribution is 7.80. The molecule has 2 rings (SSSR count). The molecule has 5 N–H and O–H groups in total. The first-order valence-corrected chi connectivity index (χ1v) is 9.62. The summed E-state index contributed by atoms with van der Waals surface area (Å²) in [7, 11) is 0. The molecule has 1 atom stereocenters. The second kappa shape index (κ2) is 15.1. The van der Waals surface area contributed by atoms with Crippen LogP contribution in [0.2, 0.25) is 0 Å². The third-order valence-corrected chi connectivity index (χ3v) is 3.70. The Hall–Kier alpha value is -2.03. The van der Waals surface area contributed by atoms with Crippen LogP contribution in [0.4, 0.5) is 0 Å². The van der Waals surface area contributed by atoms with E-state index in [1.165, 1.54) is 0 Å². The third-order valence-electron chi connectivity index (χ3n) is 3.41. The van der Waals surface area contributed by atoms with Gasteiger partial charge in [-0.25, -0.2) is 4.98 Å². The van der Waals surface area contributed by atoms with Crippen LogP contribution in [0.3, 0.4) is 0 Å². The summed E-state index contributed by atoms with van der Waals surface area (Å²) in [6.45, 7) is 12.8. The number of aromatic nitrogens is 2. The van der Waals surface area contributed by atoms with Crippen molar-refractivity contribution in [3.63, 3.8) is 0 Å². The fraction of sp³-hybridized carbons (Fsp3) is 0.526. The molecule has 1 heterocycles. The SMILES string of the molecule is CCNCC.CCNCC.O=C(O)CC(C(O)=S)c1nc2ccccc2[nH]1. The average Bonchev–Trinajstić information content (AvgIpc) is 3.05. The van der Waals surface area contributed by atoms with Gasteiger partial charge in [-0.3, -0.25) is 4.79 Å². The van der Waals surface area contributed by atoms with E-state index in [0.29, 0.717) is 11.3 Å². The molecule has 0 spiro atoms. The molecular formula is C19H32N4O3S. The first-order chi connectivity index (χ1) is 12.9. The zero-order chi connectivity index (χ0) is 20.7. The van der Waals surface area contributed by atoms with Crippen molar-refractivity contribution >= 4 is 34.3 Å². The number of aliphatic hydroxyl groups excluding tert-OH is 1. The van der Waals surface area contributed by atoms with Gasteiger partial charge in [0.25, 0.3) is 0 Å². The van der Waals surface area contributed by atoms with E-state index >= 15 is 0 Å². The van der Waals surface area contributed by atoms with Gasteiger partial charge >= 0.3 is 5.97 Å². The summed E-state index contributed by atoms with van der Waals surface area (Å²) in [5.41, 5.74) is 1.50. The number of nitrogens with zero attached hydrogens (tertiary/aromatic N) is 1. The van der Waals surface area contributed by atoms with Crippen molar-refractivity contribution in [2.45, 2.75) is 40.0 Å². The summed E-state index contributed by atoms with van der Waals surface area (Å²) in [6, 6.07) is 7.29. The van der Waals surface area contributed by atoms with Gasteiger partial charge in [-0.2, -0.15) is 0 Å². The number of aromatic amines is 1. The van der Waals surface area contributed by atoms with E-state index in [4.69, 9.17) is 5.11 Å². The van der Waals surface area contributed by atoms with E-state index in [0.717, 1.165) is 31.7 Å². The highest BCUT2D eigenvalue weighted by Crippen LogP contribution is 2.21. The molecule has 2 aromatic rings. The molecule has 152 valence electrons. The molecule has 1 aromatic heterocycles. The van der Waals surface area contributed by atoms with E-state index in [1.807, 2.05) is 18.2 Å². The molecular weight excluding hydrogens is 364 g/mol. The number of nitrogens with one attached hydrogen (secondary N) is 3. The van der Waals surface area contributed by atoms with Crippen molar-refractivity contribution in [2.24, 2.45) is 0 Å². The van der Waals surface area contributed by atoms with E-state index in [9.17, 15) is 9.90 Å². The van der Waals surface area contributed by atoms with Crippen molar-refractivity contribution < 1.29 is 15.0 Å². The molecule has 0 radical (unpaired) electrons. The van der Waals surface area contributed by atoms with Gasteiger partial charge in [0.05, 0.1) is 23.4 Å². The molecule has 27 heavy (non-hydrogen) atoms. The van der Waals surface area contributed by atoms with Gasteiger partial charge in [-0.15, -0.1) is 0 Å². The molecule has 0 fully saturated rings. The number of carboxylic acids is 1. The number of benzene rings is 1. The lowest BCUT2D eigenvalue weighted by molar-refractivity contribution is -0.137. The molecule has 8 heteroatoms. The first kappa shape index (κ1) is 25.0. The largest absolute Gasteiger partial charge is 0.501 e. The van der Waals surface area contributed by atoms with Crippen molar-refractivity contribution in [3.05, 3.63) is 30.1 Å². The van der Waals surface area contributed by atoms with Gasteiger partial charge in [-0.05, 0) is 50.5 Å². The van der Waals surface area contributed by atoms with Crippen LogP contribution in [-0.2, 0) is 4.79 Å². The number of hydrogen-bond acceptors (Lipinski definition) is 5. The summed E-state index contributed by atoms with van der Waals surface area (Å²) >= 11 is 4.65. The van der Waals surface area contributed by atoms with Crippen LogP contribution in [0.1, 0.15) is 45.9 Å². The minimum absolute atomic E-state index is 0.283. The maximum atomic E-state index is 10.7. The summed E-state index contributed by atoms with van der Waals surface area (Å²) in [4.78, 5) is 17.9. The minimum Gasteiger partial charge on any atom is -0.501 e. The zero-order valence-electron chi connectivity index (χ0n) is 16.6. The Morgan fingerprint density at radius 1 is 1.07 bits per heavy atom. The summed E-state index contributed by atoms with van der Waals surface area (Å²) in [5.74, 6) is -1.44. The predicted octanol–water partition coefficient (Wildman–Crippen LogP) is 3.24. The average molecular weight is 397 g/mol. The van der Waals surface area contributed by atoms with Crippen molar-refractivity contribution in [1.29, 1.82) is 0 Å². The Labute approximate surface area is 166 Å². The molecule has 0 bridgehead atoms. The van der Waals surface area contributed by atoms with Gasteiger partial charge in [0.2, 0.25) is 0 Å². The topological polar surface area (TPSA) is 110 Å². The van der Waals surface area contributed by atoms with Gasteiger partial charge in [0.1, 0.15) is 5.82 Å². The van der Waals surface area contributed by atoms with Gasteiger partial charge in [0, 0.05) is 0 Å². The number of aliphatic hydroxyl groups is 1. The number of thiocarbonyl (C=S) groups is 1. The van der Waals surface area contributed by atoms with E-state index in [2.05, 4.69) is 60.5 Å². The van der Waals surface area contributed by atoms with E-state index in [-0.39, 0.29) is 11.5 Å². The minimum atomic E-state index is -1.04. The second-order valence-electron chi connectivity index (χ2n) is 5.54. The van der Waals surface area contributed by atoms with Crippen LogP contribution in [0.25, 0.3) is 11.0 Å². The fourth-order valence-electron chi connectivity index (χ4n) is 2.11. The van der Waals surface area contributed by atoms with E-state index in [1.54, 1.807) is 6.07 Å². The molecule has 0 aliphatic rings. The number of para-hydroxylation sites is 2. The van der Waals surface area contributed by atoms with Crippen LogP contribution in [0.15, 0.2) is 24.3 Å². The number of carbonyl (C=O) groups is 1. The summed E-state index contributed by atoms with van der Waals surface area (Å²) in [5, 5.41) is 24.0. The second-order valence-corrected chi connectivity index (χ2v) is 5.96. The smallest absolute Gasteiger partial charge is 0.304 e. The number of carboxylic acid groups (broad SMARTS) is 1. The summed E-state index contributed by atoms with van der Waals surface area (Å²) < 4.78 is 0. The number of rotatable bonds is 8. The van der Waals surface area contributed by atoms with Crippen molar-refractivity contribution in [3.8, 4) is 0 Å². The van der Waals surface area contributed by atoms with Crippen LogP contribution < -0.4 is 10.6 Å². The Kier molecular flexibility index (Phi) is 13.9. The number of aliphatic carboxylic acids is 1. The van der Waals surface area contributed by atoms with E-state index < -0.39 is 11.9 Å². The summed E-state index contributed by atoms with van der Waals surface area (Å²) in [6.07, 6.45) is -0.283. The van der Waals surface area contributed by atoms with Crippen LogP contribution in [-0.4, -0.2) is 57.4 Å². The van der Waals surface area contributed by atoms with Gasteiger partial charge in [-0.1, -0.05) is 39.8 Å². The fourth-order valence-corrected chi connectivity index (χ4v) is 2.31. The van der Waals surface area contributed by atoms with Gasteiger partial charge in [0.15, 0.2) is 5.05 Å². The standard InChI is InChI=1S/C11H10N2O3S.2C4H11N/c14-9(15)5-6(11(16)17)10-12-7-3-1-2-4-8(7)13-10;2*1-3-5-4-2/h1-4,6H,5H2,(H,12,13)(H,14,15)(H,16,17);2*5H,3-4H2,1-2H3. The molecule has 0 aliphatic carbocycles. The third kappa shape index (κ3) is 10.6. The van der Waals surface area contributed by atoms with Crippen molar-refractivity contribution in [2.75, 3.05) is 26.2 Å². The number of fused-ring (bicyclic) bond motifs is 1. The quantitative estimate of drug-likeness (QED) is 0.436. The molecule has 0 amide bonds. The first-order valence-electron chi connectivity index (χ1n) is 9.21. The molecule has 1 unspecified atom stereocenters. The lowest BCUT2D eigenvalue weighted by Gasteiger charge is -2.08. The molecule has 0 saturated carbocycles. The highest BCUT2D eigenvalue weighted by Gasteiger charge is 2.23. The Bertz CT molecular complexity index is 633. The maximum absolute atomic E-state index is 10.7. The predicted molar refractivity (Wildman–Crippen MR) is 115 cm³/mol. The number of imidazole rings is 1. The maximum Gasteiger partial charge on any atom is 0.304 e. The number of H-pyrrole nitrogens is 1. The molecule has 7 nitrogen and oxygen atoms in total. The van der Waals surface area contributed by atoms with Crippen LogP contribution in [0.5, 0.6) is 0 Å². The Morgan fingerprint density at radius 2 is 1.59 bits per heavy atom. The normalized spacial score (nSPS) is 11.0. The highest BCUT2D eigenvalue weighted by atomic mass is 32.1. The molecule has 0 saturated heterocycles. The molecule has 1 aromatic carbocycles. The lowest BCUT2D eigenvalue weighted by Crippen LogP contribution is -2.15. The monoisotopic (exact) mass is 396 g/mol.